The van der Waals surface area contributed by atoms with E-state index < -0.39 is 0 Å². The van der Waals surface area contributed by atoms with Gasteiger partial charge in [0.05, 0.1) is 6.20 Å². The number of pyridine rings is 1. The molecule has 0 unspecified atom stereocenters. The van der Waals surface area contributed by atoms with Crippen LogP contribution in [0, 0.1) is 23.7 Å². The van der Waals surface area contributed by atoms with Gasteiger partial charge in [0, 0.05) is 12.6 Å². The van der Waals surface area contributed by atoms with E-state index in [0.717, 1.165) is 35.8 Å². The summed E-state index contributed by atoms with van der Waals surface area (Å²) in [6, 6.07) is 3.86. The van der Waals surface area contributed by atoms with Crippen molar-refractivity contribution >= 4 is 5.97 Å². The molecule has 2 saturated carbocycles. The van der Waals surface area contributed by atoms with Crippen LogP contribution in [0.4, 0.5) is 0 Å². The molecular formula is C26H41NO2. The van der Waals surface area contributed by atoms with Crippen molar-refractivity contribution in [2.24, 2.45) is 23.7 Å². The number of aryl methyl sites for hydroxylation is 1. The van der Waals surface area contributed by atoms with E-state index in [-0.39, 0.29) is 5.97 Å². The van der Waals surface area contributed by atoms with E-state index in [1.165, 1.54) is 90.4 Å². The largest absolute Gasteiger partial charge is 0.425 e. The van der Waals surface area contributed by atoms with Gasteiger partial charge in [-0.3, -0.25) is 9.78 Å². The van der Waals surface area contributed by atoms with Gasteiger partial charge in [-0.2, -0.15) is 0 Å². The van der Waals surface area contributed by atoms with Gasteiger partial charge >= 0.3 is 5.97 Å². The third-order valence-corrected chi connectivity index (χ3v) is 7.53. The second-order valence-corrected chi connectivity index (χ2v) is 9.67. The summed E-state index contributed by atoms with van der Waals surface area (Å²) in [5.74, 6) is 4.18. The highest BCUT2D eigenvalue weighted by Crippen LogP contribution is 2.43. The number of hydrogen-bond acceptors (Lipinski definition) is 3. The molecule has 3 heteroatoms. The molecular weight excluding hydrogens is 358 g/mol. The van der Waals surface area contributed by atoms with Crippen molar-refractivity contribution in [2.75, 3.05) is 0 Å². The van der Waals surface area contributed by atoms with Crippen molar-refractivity contribution in [3.05, 3.63) is 24.0 Å². The summed E-state index contributed by atoms with van der Waals surface area (Å²) in [6.45, 7) is 3.73. The number of nitrogens with zero attached hydrogens (tertiary/aromatic N) is 1. The first-order valence-corrected chi connectivity index (χ1v) is 12.3. The van der Waals surface area contributed by atoms with E-state index in [9.17, 15) is 4.79 Å². The van der Waals surface area contributed by atoms with Crippen LogP contribution in [0.5, 0.6) is 5.75 Å². The van der Waals surface area contributed by atoms with E-state index in [2.05, 4.69) is 11.9 Å². The average molecular weight is 400 g/mol. The number of unbranched alkanes of at least 4 members (excludes halogenated alkanes) is 2. The van der Waals surface area contributed by atoms with Crippen LogP contribution in [0.15, 0.2) is 18.3 Å². The third kappa shape index (κ3) is 7.42. The fraction of sp³-hybridized carbons (Fsp3) is 0.769. The molecule has 2 fully saturated rings. The molecule has 29 heavy (non-hydrogen) atoms. The molecule has 1 heterocycles. The first-order chi connectivity index (χ1) is 14.1. The lowest BCUT2D eigenvalue weighted by Gasteiger charge is -2.38. The summed E-state index contributed by atoms with van der Waals surface area (Å²) < 4.78 is 5.06. The van der Waals surface area contributed by atoms with Gasteiger partial charge in [-0.05, 0) is 74.3 Å². The molecule has 162 valence electrons. The molecule has 0 saturated heterocycles. The fourth-order valence-corrected chi connectivity index (χ4v) is 5.72. The summed E-state index contributed by atoms with van der Waals surface area (Å²) in [6.07, 6.45) is 21.4. The van der Waals surface area contributed by atoms with E-state index >= 15 is 0 Å². The van der Waals surface area contributed by atoms with Crippen molar-refractivity contribution in [1.29, 1.82) is 0 Å². The monoisotopic (exact) mass is 399 g/mol. The lowest BCUT2D eigenvalue weighted by molar-refractivity contribution is -0.131. The smallest absolute Gasteiger partial charge is 0.308 e. The van der Waals surface area contributed by atoms with Gasteiger partial charge in [0.1, 0.15) is 5.75 Å². The number of hydrogen-bond donors (Lipinski definition) is 0. The summed E-state index contributed by atoms with van der Waals surface area (Å²) in [7, 11) is 0. The predicted octanol–water partition coefficient (Wildman–Crippen LogP) is 7.13. The predicted molar refractivity (Wildman–Crippen MR) is 119 cm³/mol. The standard InChI is InChI=1S/C26H41NO2/c1-3-4-5-6-21-7-12-23(13-8-21)24-14-9-22(10-15-24)11-16-25-17-18-26(19-27-25)29-20(2)28/h17-19,21-24H,3-16H2,1-2H3. The Morgan fingerprint density at radius 3 is 2.07 bits per heavy atom. The second-order valence-electron chi connectivity index (χ2n) is 9.67. The Bertz CT molecular complexity index is 596. The van der Waals surface area contributed by atoms with Gasteiger partial charge in [0.15, 0.2) is 0 Å². The summed E-state index contributed by atoms with van der Waals surface area (Å²) >= 11 is 0. The van der Waals surface area contributed by atoms with Crippen LogP contribution < -0.4 is 4.74 Å². The van der Waals surface area contributed by atoms with Crippen LogP contribution in [0.2, 0.25) is 0 Å². The molecule has 0 bridgehead atoms. The minimum absolute atomic E-state index is 0.290. The molecule has 0 atom stereocenters. The van der Waals surface area contributed by atoms with Crippen LogP contribution in [0.3, 0.4) is 0 Å². The van der Waals surface area contributed by atoms with Crippen molar-refractivity contribution in [3.8, 4) is 5.75 Å². The number of esters is 1. The number of rotatable bonds is 9. The van der Waals surface area contributed by atoms with E-state index in [1.807, 2.05) is 12.1 Å². The molecule has 0 aromatic carbocycles. The maximum Gasteiger partial charge on any atom is 0.308 e. The highest BCUT2D eigenvalue weighted by molar-refractivity contribution is 5.69. The third-order valence-electron chi connectivity index (χ3n) is 7.53. The van der Waals surface area contributed by atoms with Crippen LogP contribution in [-0.4, -0.2) is 11.0 Å². The van der Waals surface area contributed by atoms with Gasteiger partial charge in [0.2, 0.25) is 0 Å². The Hall–Kier alpha value is -1.38. The summed E-state index contributed by atoms with van der Waals surface area (Å²) in [5.41, 5.74) is 1.12. The highest BCUT2D eigenvalue weighted by Gasteiger charge is 2.30. The SMILES string of the molecule is CCCCCC1CCC(C2CCC(CCc3ccc(OC(C)=O)cn3)CC2)CC1. The summed E-state index contributed by atoms with van der Waals surface area (Å²) in [4.78, 5) is 15.5. The minimum Gasteiger partial charge on any atom is -0.425 e. The van der Waals surface area contributed by atoms with E-state index in [1.54, 1.807) is 6.20 Å². The Labute approximate surface area is 178 Å². The van der Waals surface area contributed by atoms with Gasteiger partial charge in [-0.1, -0.05) is 58.3 Å². The maximum absolute atomic E-state index is 11.0. The topological polar surface area (TPSA) is 39.2 Å². The van der Waals surface area contributed by atoms with Crippen LogP contribution in [0.25, 0.3) is 0 Å². The van der Waals surface area contributed by atoms with Gasteiger partial charge < -0.3 is 4.74 Å². The van der Waals surface area contributed by atoms with E-state index in [0.29, 0.717) is 5.75 Å². The van der Waals surface area contributed by atoms with E-state index in [4.69, 9.17) is 4.74 Å². The molecule has 2 aliphatic rings. The lowest BCUT2D eigenvalue weighted by Crippen LogP contribution is -2.26. The van der Waals surface area contributed by atoms with Gasteiger partial charge in [-0.15, -0.1) is 0 Å². The van der Waals surface area contributed by atoms with Crippen LogP contribution in [0.1, 0.15) is 103 Å². The molecule has 0 aliphatic heterocycles. The van der Waals surface area contributed by atoms with Crippen molar-refractivity contribution in [2.45, 2.75) is 104 Å². The Kier molecular flexibility index (Phi) is 9.01. The first-order valence-electron chi connectivity index (χ1n) is 12.3. The quantitative estimate of drug-likeness (QED) is 0.327. The Balaban J connectivity index is 1.32. The molecule has 0 N–H and O–H groups in total. The second kappa shape index (κ2) is 11.7. The molecule has 0 radical (unpaired) electrons. The minimum atomic E-state index is -0.290. The number of aromatic nitrogens is 1. The summed E-state index contributed by atoms with van der Waals surface area (Å²) in [5, 5.41) is 0. The molecule has 2 aliphatic carbocycles. The molecule has 0 spiro atoms. The molecule has 3 nitrogen and oxygen atoms in total. The first kappa shape index (κ1) is 22.3. The number of carbonyl (C=O) groups excluding carboxylic acids is 1. The maximum atomic E-state index is 11.0. The van der Waals surface area contributed by atoms with Crippen molar-refractivity contribution in [3.63, 3.8) is 0 Å². The molecule has 1 aromatic rings. The number of carbonyl (C=O) groups is 1. The van der Waals surface area contributed by atoms with Crippen molar-refractivity contribution in [1.82, 2.24) is 4.98 Å². The van der Waals surface area contributed by atoms with Crippen molar-refractivity contribution < 1.29 is 9.53 Å². The Morgan fingerprint density at radius 2 is 1.55 bits per heavy atom. The van der Waals surface area contributed by atoms with Gasteiger partial charge in [0.25, 0.3) is 0 Å². The average Bonchev–Trinajstić information content (AvgIpc) is 2.74. The van der Waals surface area contributed by atoms with Gasteiger partial charge in [-0.25, -0.2) is 0 Å². The van der Waals surface area contributed by atoms with Crippen LogP contribution in [-0.2, 0) is 11.2 Å². The zero-order chi connectivity index (χ0) is 20.5. The normalized spacial score (nSPS) is 27.5. The highest BCUT2D eigenvalue weighted by atomic mass is 16.5. The fourth-order valence-electron chi connectivity index (χ4n) is 5.72. The molecule has 3 rings (SSSR count). The van der Waals surface area contributed by atoms with Crippen LogP contribution >= 0.6 is 0 Å². The number of ether oxygens (including phenoxy) is 1. The zero-order valence-corrected chi connectivity index (χ0v) is 18.7. The lowest BCUT2D eigenvalue weighted by atomic mass is 9.68. The zero-order valence-electron chi connectivity index (χ0n) is 18.7. The molecule has 1 aromatic heterocycles. The molecule has 0 amide bonds. The Morgan fingerprint density at radius 1 is 0.931 bits per heavy atom.